The van der Waals surface area contributed by atoms with E-state index < -0.39 is 12.1 Å². The van der Waals surface area contributed by atoms with Crippen LogP contribution in [0.3, 0.4) is 0 Å². The molecule has 7 nitrogen and oxygen atoms in total. The maximum atomic E-state index is 11.5. The fourth-order valence-corrected chi connectivity index (χ4v) is 3.04. The predicted octanol–water partition coefficient (Wildman–Crippen LogP) is 1.82. The van der Waals surface area contributed by atoms with Gasteiger partial charge in [-0.25, -0.2) is 14.6 Å². The molecule has 0 aliphatic carbocycles. The highest BCUT2D eigenvalue weighted by Gasteiger charge is 2.24. The zero-order chi connectivity index (χ0) is 14.5. The van der Waals surface area contributed by atoms with Gasteiger partial charge in [-0.05, 0) is 19.8 Å². The first kappa shape index (κ1) is 14.7. The van der Waals surface area contributed by atoms with Gasteiger partial charge < -0.3 is 19.7 Å². The van der Waals surface area contributed by atoms with Crippen molar-refractivity contribution in [3.8, 4) is 0 Å². The third kappa shape index (κ3) is 3.66. The summed E-state index contributed by atoms with van der Waals surface area (Å²) in [5, 5.41) is 9.86. The number of hydrogen-bond donors (Lipinski definition) is 2. The molecule has 0 radical (unpaired) electrons. The molecule has 1 fully saturated rings. The van der Waals surface area contributed by atoms with Crippen LogP contribution >= 0.6 is 11.8 Å². The van der Waals surface area contributed by atoms with E-state index in [1.807, 2.05) is 0 Å². The summed E-state index contributed by atoms with van der Waals surface area (Å²) in [6.45, 7) is 3.16. The minimum absolute atomic E-state index is 0.312. The largest absolute Gasteiger partial charge is 0.465 e. The first-order chi connectivity index (χ1) is 9.60. The Balaban J connectivity index is 1.86. The minimum Gasteiger partial charge on any atom is -0.465 e. The van der Waals surface area contributed by atoms with E-state index in [-0.39, 0.29) is 0 Å². The predicted molar refractivity (Wildman–Crippen MR) is 73.0 cm³/mol. The van der Waals surface area contributed by atoms with Crippen molar-refractivity contribution in [3.63, 3.8) is 0 Å². The number of carbonyl (C=O) groups excluding carboxylic acids is 1. The van der Waals surface area contributed by atoms with Crippen molar-refractivity contribution >= 4 is 23.8 Å². The summed E-state index contributed by atoms with van der Waals surface area (Å²) in [6.07, 6.45) is 2.17. The maximum absolute atomic E-state index is 11.5. The normalized spacial score (nSPS) is 16.1. The van der Waals surface area contributed by atoms with E-state index in [0.29, 0.717) is 35.8 Å². The van der Waals surface area contributed by atoms with Gasteiger partial charge in [-0.3, -0.25) is 0 Å². The molecule has 20 heavy (non-hydrogen) atoms. The highest BCUT2D eigenvalue weighted by molar-refractivity contribution is 7.99. The molecule has 0 aromatic carbocycles. The molecule has 1 aromatic heterocycles. The van der Waals surface area contributed by atoms with Gasteiger partial charge >= 0.3 is 12.1 Å². The molecule has 1 aromatic rings. The summed E-state index contributed by atoms with van der Waals surface area (Å²) in [7, 11) is 0. The number of H-pyrrole nitrogens is 1. The summed E-state index contributed by atoms with van der Waals surface area (Å²) in [5.41, 5.74) is 0.345. The van der Waals surface area contributed by atoms with E-state index in [4.69, 9.17) is 9.84 Å². The van der Waals surface area contributed by atoms with E-state index >= 15 is 0 Å². The molecular formula is C12H17N3O4S. The average Bonchev–Trinajstić information content (AvgIpc) is 2.88. The molecule has 110 valence electrons. The summed E-state index contributed by atoms with van der Waals surface area (Å²) >= 11 is 1.54. The molecule has 0 bridgehead atoms. The van der Waals surface area contributed by atoms with Gasteiger partial charge in [-0.1, -0.05) is 11.8 Å². The number of esters is 1. The van der Waals surface area contributed by atoms with E-state index in [1.165, 1.54) is 11.1 Å². The smallest absolute Gasteiger partial charge is 0.407 e. The zero-order valence-corrected chi connectivity index (χ0v) is 12.0. The maximum Gasteiger partial charge on any atom is 0.407 e. The highest BCUT2D eigenvalue weighted by atomic mass is 32.2. The van der Waals surface area contributed by atoms with Crippen molar-refractivity contribution in [3.05, 3.63) is 11.9 Å². The number of thioether (sulfide) groups is 1. The average molecular weight is 299 g/mol. The number of nitrogens with one attached hydrogen (secondary N) is 1. The first-order valence-electron chi connectivity index (χ1n) is 6.46. The van der Waals surface area contributed by atoms with Crippen molar-refractivity contribution in [2.45, 2.75) is 30.2 Å². The van der Waals surface area contributed by atoms with Gasteiger partial charge in [-0.15, -0.1) is 0 Å². The van der Waals surface area contributed by atoms with Crippen LogP contribution in [0.5, 0.6) is 0 Å². The molecule has 0 saturated carbocycles. The summed E-state index contributed by atoms with van der Waals surface area (Å²) in [6, 6.07) is 0. The van der Waals surface area contributed by atoms with Crippen molar-refractivity contribution in [2.75, 3.05) is 19.7 Å². The molecule has 8 heteroatoms. The molecule has 2 rings (SSSR count). The number of nitrogens with zero attached hydrogens (tertiary/aromatic N) is 2. The van der Waals surface area contributed by atoms with Gasteiger partial charge in [0.25, 0.3) is 0 Å². The number of aromatic amines is 1. The van der Waals surface area contributed by atoms with Crippen LogP contribution in [0.4, 0.5) is 4.79 Å². The van der Waals surface area contributed by atoms with E-state index in [2.05, 4.69) is 9.97 Å². The molecule has 0 unspecified atom stereocenters. The monoisotopic (exact) mass is 299 g/mol. The highest BCUT2D eigenvalue weighted by Crippen LogP contribution is 2.28. The van der Waals surface area contributed by atoms with Gasteiger partial charge in [0.2, 0.25) is 0 Å². The Bertz CT molecular complexity index is 483. The van der Waals surface area contributed by atoms with E-state index in [9.17, 15) is 9.59 Å². The second-order valence-electron chi connectivity index (χ2n) is 4.41. The van der Waals surface area contributed by atoms with Crippen LogP contribution in [0, 0.1) is 0 Å². The number of ether oxygens (including phenoxy) is 1. The Kier molecular flexibility index (Phi) is 4.89. The number of carbonyl (C=O) groups is 2. The van der Waals surface area contributed by atoms with Crippen LogP contribution in [0.15, 0.2) is 11.4 Å². The summed E-state index contributed by atoms with van der Waals surface area (Å²) < 4.78 is 4.88. The number of hydrogen-bond acceptors (Lipinski definition) is 5. The SMILES string of the molecule is CCOC(=O)c1cnc(SC2CCN(C(=O)O)CC2)[nH]1. The minimum atomic E-state index is -0.865. The standard InChI is InChI=1S/C12H17N3O4S/c1-2-19-10(16)9-7-13-11(14-9)20-8-3-5-15(6-4-8)12(17)18/h7-8H,2-6H2,1H3,(H,13,14)(H,17,18). The quantitative estimate of drug-likeness (QED) is 0.823. The first-order valence-corrected chi connectivity index (χ1v) is 7.34. The molecule has 2 heterocycles. The molecular weight excluding hydrogens is 282 g/mol. The molecule has 1 aliphatic heterocycles. The second-order valence-corrected chi connectivity index (χ2v) is 5.70. The number of carboxylic acid groups (broad SMARTS) is 1. The Morgan fingerprint density at radius 1 is 1.55 bits per heavy atom. The molecule has 1 saturated heterocycles. The Morgan fingerprint density at radius 3 is 2.85 bits per heavy atom. The van der Waals surface area contributed by atoms with Crippen LogP contribution in [-0.2, 0) is 4.74 Å². The third-order valence-corrected chi connectivity index (χ3v) is 4.27. The fraction of sp³-hybridized carbons (Fsp3) is 0.583. The van der Waals surface area contributed by atoms with Crippen LogP contribution < -0.4 is 0 Å². The number of amides is 1. The van der Waals surface area contributed by atoms with Crippen molar-refractivity contribution in [1.29, 1.82) is 0 Å². The lowest BCUT2D eigenvalue weighted by Crippen LogP contribution is -2.38. The van der Waals surface area contributed by atoms with Crippen molar-refractivity contribution in [2.24, 2.45) is 0 Å². The number of rotatable bonds is 4. The topological polar surface area (TPSA) is 95.5 Å². The van der Waals surface area contributed by atoms with Gasteiger partial charge in [0.15, 0.2) is 5.16 Å². The van der Waals surface area contributed by atoms with Gasteiger partial charge in [0.05, 0.1) is 12.8 Å². The molecule has 0 spiro atoms. The zero-order valence-electron chi connectivity index (χ0n) is 11.2. The number of likely N-dealkylation sites (tertiary alicyclic amines) is 1. The van der Waals surface area contributed by atoms with Gasteiger partial charge in [0.1, 0.15) is 5.69 Å². The van der Waals surface area contributed by atoms with Crippen LogP contribution in [0.2, 0.25) is 0 Å². The molecule has 2 N–H and O–H groups in total. The van der Waals surface area contributed by atoms with E-state index in [0.717, 1.165) is 12.8 Å². The third-order valence-electron chi connectivity index (χ3n) is 3.04. The van der Waals surface area contributed by atoms with Crippen LogP contribution in [0.25, 0.3) is 0 Å². The lowest BCUT2D eigenvalue weighted by molar-refractivity contribution is 0.0519. The van der Waals surface area contributed by atoms with Crippen LogP contribution in [0.1, 0.15) is 30.3 Å². The van der Waals surface area contributed by atoms with Gasteiger partial charge in [0, 0.05) is 18.3 Å². The lowest BCUT2D eigenvalue weighted by Gasteiger charge is -2.28. The second kappa shape index (κ2) is 6.65. The fourth-order valence-electron chi connectivity index (χ4n) is 2.00. The Labute approximate surface area is 120 Å². The number of piperidine rings is 1. The number of aromatic nitrogens is 2. The molecule has 1 aliphatic rings. The summed E-state index contributed by atoms with van der Waals surface area (Å²) in [4.78, 5) is 30.8. The molecule has 0 atom stereocenters. The summed E-state index contributed by atoms with van der Waals surface area (Å²) in [5.74, 6) is -0.410. The van der Waals surface area contributed by atoms with E-state index in [1.54, 1.807) is 18.7 Å². The number of imidazole rings is 1. The van der Waals surface area contributed by atoms with Crippen molar-refractivity contribution < 1.29 is 19.4 Å². The lowest BCUT2D eigenvalue weighted by atomic mass is 10.1. The van der Waals surface area contributed by atoms with Gasteiger partial charge in [-0.2, -0.15) is 0 Å². The Hall–Kier alpha value is -1.70. The van der Waals surface area contributed by atoms with Crippen molar-refractivity contribution in [1.82, 2.24) is 14.9 Å². The van der Waals surface area contributed by atoms with Crippen LogP contribution in [-0.4, -0.2) is 57.0 Å². The Morgan fingerprint density at radius 2 is 2.25 bits per heavy atom. The molecule has 1 amide bonds.